The molecule has 0 saturated carbocycles. The highest BCUT2D eigenvalue weighted by Crippen LogP contribution is 2.29. The van der Waals surface area contributed by atoms with Gasteiger partial charge in [-0.15, -0.1) is 0 Å². The minimum absolute atomic E-state index is 0.171. The van der Waals surface area contributed by atoms with Crippen molar-refractivity contribution in [3.05, 3.63) is 0 Å². The molecule has 1 fully saturated rings. The fourth-order valence-electron chi connectivity index (χ4n) is 1.63. The molecule has 11 heavy (non-hydrogen) atoms. The largest absolute Gasteiger partial charge is 0.396 e. The third-order valence-corrected chi connectivity index (χ3v) is 2.70. The van der Waals surface area contributed by atoms with E-state index in [9.17, 15) is 0 Å². The summed E-state index contributed by atoms with van der Waals surface area (Å²) >= 11 is 0. The molecule has 0 aromatic heterocycles. The molecule has 0 aromatic rings. The average Bonchev–Trinajstić information content (AvgIpc) is 2.33. The molecule has 0 spiro atoms. The van der Waals surface area contributed by atoms with Gasteiger partial charge in [-0.3, -0.25) is 0 Å². The fourth-order valence-corrected chi connectivity index (χ4v) is 1.63. The van der Waals surface area contributed by atoms with Gasteiger partial charge >= 0.3 is 0 Å². The first kappa shape index (κ1) is 9.01. The molecule has 0 aromatic carbocycles. The van der Waals surface area contributed by atoms with Crippen LogP contribution in [0.3, 0.4) is 0 Å². The third kappa shape index (κ3) is 1.94. The second kappa shape index (κ2) is 3.11. The lowest BCUT2D eigenvalue weighted by atomic mass is 9.91. The standard InChI is InChI=1S/C9H19NO/c1-8(2)10-5-4-9(3,6-10)7-11/h8,11H,4-7H2,1-3H3/t9-/m0/s1. The Bertz CT molecular complexity index is 136. The topological polar surface area (TPSA) is 23.5 Å². The van der Waals surface area contributed by atoms with Gasteiger partial charge in [0, 0.05) is 24.6 Å². The number of hydrogen-bond donors (Lipinski definition) is 1. The summed E-state index contributed by atoms with van der Waals surface area (Å²) in [5.41, 5.74) is 0.171. The van der Waals surface area contributed by atoms with Crippen molar-refractivity contribution < 1.29 is 5.11 Å². The van der Waals surface area contributed by atoms with E-state index < -0.39 is 0 Å². The molecule has 66 valence electrons. The Hall–Kier alpha value is -0.0800. The van der Waals surface area contributed by atoms with E-state index in [0.717, 1.165) is 19.5 Å². The molecule has 0 unspecified atom stereocenters. The van der Waals surface area contributed by atoms with Crippen molar-refractivity contribution >= 4 is 0 Å². The number of aliphatic hydroxyl groups is 1. The van der Waals surface area contributed by atoms with Gasteiger partial charge < -0.3 is 10.0 Å². The molecule has 2 nitrogen and oxygen atoms in total. The normalized spacial score (nSPS) is 33.5. The lowest BCUT2D eigenvalue weighted by molar-refractivity contribution is 0.138. The molecule has 1 aliphatic heterocycles. The Morgan fingerprint density at radius 2 is 2.18 bits per heavy atom. The molecule has 1 rings (SSSR count). The van der Waals surface area contributed by atoms with Crippen LogP contribution in [0.5, 0.6) is 0 Å². The quantitative estimate of drug-likeness (QED) is 0.649. The van der Waals surface area contributed by atoms with Crippen LogP contribution in [0.25, 0.3) is 0 Å². The van der Waals surface area contributed by atoms with E-state index in [2.05, 4.69) is 25.7 Å². The first-order chi connectivity index (χ1) is 5.07. The van der Waals surface area contributed by atoms with Gasteiger partial charge in [0.1, 0.15) is 0 Å². The van der Waals surface area contributed by atoms with E-state index in [1.165, 1.54) is 0 Å². The molecule has 2 heteroatoms. The summed E-state index contributed by atoms with van der Waals surface area (Å²) in [5, 5.41) is 9.10. The molecule has 1 atom stereocenters. The predicted molar refractivity (Wildman–Crippen MR) is 46.5 cm³/mol. The van der Waals surface area contributed by atoms with Crippen LogP contribution in [0, 0.1) is 5.41 Å². The lowest BCUT2D eigenvalue weighted by Crippen LogP contribution is -2.32. The van der Waals surface area contributed by atoms with Crippen LogP contribution in [-0.4, -0.2) is 35.7 Å². The van der Waals surface area contributed by atoms with E-state index in [1.807, 2.05) is 0 Å². The number of nitrogens with zero attached hydrogens (tertiary/aromatic N) is 1. The molecule has 0 bridgehead atoms. The summed E-state index contributed by atoms with van der Waals surface area (Å²) in [4.78, 5) is 2.43. The van der Waals surface area contributed by atoms with Gasteiger partial charge in [0.2, 0.25) is 0 Å². The van der Waals surface area contributed by atoms with Crippen LogP contribution >= 0.6 is 0 Å². The lowest BCUT2D eigenvalue weighted by Gasteiger charge is -2.24. The zero-order valence-corrected chi connectivity index (χ0v) is 7.80. The molecule has 0 aliphatic carbocycles. The SMILES string of the molecule is CC(C)N1CC[C@](C)(CO)C1. The summed E-state index contributed by atoms with van der Waals surface area (Å²) in [6.45, 7) is 9.12. The number of rotatable bonds is 2. The molecule has 0 radical (unpaired) electrons. The first-order valence-electron chi connectivity index (χ1n) is 4.42. The molecule has 1 saturated heterocycles. The summed E-state index contributed by atoms with van der Waals surface area (Å²) in [6, 6.07) is 0.628. The Kier molecular flexibility index (Phi) is 2.55. The Balaban J connectivity index is 2.46. The second-order valence-electron chi connectivity index (χ2n) is 4.28. The molecule has 0 amide bonds. The van der Waals surface area contributed by atoms with Crippen LogP contribution in [-0.2, 0) is 0 Å². The van der Waals surface area contributed by atoms with Crippen molar-refractivity contribution in [1.82, 2.24) is 4.90 Å². The van der Waals surface area contributed by atoms with Crippen LogP contribution in [0.15, 0.2) is 0 Å². The highest BCUT2D eigenvalue weighted by molar-refractivity contribution is 4.86. The van der Waals surface area contributed by atoms with E-state index >= 15 is 0 Å². The molecular formula is C9H19NO. The number of likely N-dealkylation sites (tertiary alicyclic amines) is 1. The van der Waals surface area contributed by atoms with Crippen molar-refractivity contribution in [3.63, 3.8) is 0 Å². The number of aliphatic hydroxyl groups excluding tert-OH is 1. The monoisotopic (exact) mass is 157 g/mol. The molecule has 1 aliphatic rings. The van der Waals surface area contributed by atoms with Gasteiger partial charge in [0.15, 0.2) is 0 Å². The van der Waals surface area contributed by atoms with Gasteiger partial charge in [-0.1, -0.05) is 6.92 Å². The number of hydrogen-bond acceptors (Lipinski definition) is 2. The first-order valence-corrected chi connectivity index (χ1v) is 4.42. The smallest absolute Gasteiger partial charge is 0.0497 e. The van der Waals surface area contributed by atoms with Gasteiger partial charge in [-0.25, -0.2) is 0 Å². The summed E-state index contributed by atoms with van der Waals surface area (Å²) in [5.74, 6) is 0. The van der Waals surface area contributed by atoms with Crippen molar-refractivity contribution in [1.29, 1.82) is 0 Å². The zero-order chi connectivity index (χ0) is 8.48. The Morgan fingerprint density at radius 3 is 2.45 bits per heavy atom. The zero-order valence-electron chi connectivity index (χ0n) is 7.80. The molecule has 1 heterocycles. The summed E-state index contributed by atoms with van der Waals surface area (Å²) in [7, 11) is 0. The minimum atomic E-state index is 0.171. The fraction of sp³-hybridized carbons (Fsp3) is 1.00. The van der Waals surface area contributed by atoms with Crippen LogP contribution < -0.4 is 0 Å². The van der Waals surface area contributed by atoms with E-state index in [1.54, 1.807) is 0 Å². The third-order valence-electron chi connectivity index (χ3n) is 2.70. The summed E-state index contributed by atoms with van der Waals surface area (Å²) in [6.07, 6.45) is 1.14. The highest BCUT2D eigenvalue weighted by atomic mass is 16.3. The maximum Gasteiger partial charge on any atom is 0.0497 e. The van der Waals surface area contributed by atoms with Crippen molar-refractivity contribution in [2.45, 2.75) is 33.2 Å². The van der Waals surface area contributed by atoms with Gasteiger partial charge in [-0.2, -0.15) is 0 Å². The predicted octanol–water partition coefficient (Wildman–Crippen LogP) is 1.10. The van der Waals surface area contributed by atoms with Gasteiger partial charge in [0.05, 0.1) is 0 Å². The second-order valence-corrected chi connectivity index (χ2v) is 4.28. The van der Waals surface area contributed by atoms with E-state index in [0.29, 0.717) is 12.6 Å². The van der Waals surface area contributed by atoms with Crippen LogP contribution in [0.4, 0.5) is 0 Å². The molecule has 1 N–H and O–H groups in total. The Labute approximate surface area is 69.2 Å². The Morgan fingerprint density at radius 1 is 1.55 bits per heavy atom. The molecular weight excluding hydrogens is 138 g/mol. The average molecular weight is 157 g/mol. The van der Waals surface area contributed by atoms with Gasteiger partial charge in [0.25, 0.3) is 0 Å². The van der Waals surface area contributed by atoms with Crippen molar-refractivity contribution in [2.75, 3.05) is 19.7 Å². The van der Waals surface area contributed by atoms with Crippen molar-refractivity contribution in [2.24, 2.45) is 5.41 Å². The maximum atomic E-state index is 9.10. The van der Waals surface area contributed by atoms with E-state index in [4.69, 9.17) is 5.11 Å². The minimum Gasteiger partial charge on any atom is -0.396 e. The van der Waals surface area contributed by atoms with Crippen LogP contribution in [0.2, 0.25) is 0 Å². The van der Waals surface area contributed by atoms with Crippen molar-refractivity contribution in [3.8, 4) is 0 Å². The van der Waals surface area contributed by atoms with Crippen LogP contribution in [0.1, 0.15) is 27.2 Å². The van der Waals surface area contributed by atoms with Gasteiger partial charge in [-0.05, 0) is 26.8 Å². The maximum absolute atomic E-state index is 9.10. The van der Waals surface area contributed by atoms with E-state index in [-0.39, 0.29) is 5.41 Å². The highest BCUT2D eigenvalue weighted by Gasteiger charge is 2.33. The summed E-state index contributed by atoms with van der Waals surface area (Å²) < 4.78 is 0.